The molecule has 1 saturated heterocycles. The lowest BCUT2D eigenvalue weighted by Gasteiger charge is -2.34. The Hall–Kier alpha value is -4.11. The third-order valence-electron chi connectivity index (χ3n) is 6.05. The number of carbonyl (C=O) groups is 1. The van der Waals surface area contributed by atoms with Gasteiger partial charge >= 0.3 is 6.03 Å². The number of rotatable bonds is 4. The maximum absolute atomic E-state index is 13.2. The van der Waals surface area contributed by atoms with E-state index in [9.17, 15) is 9.18 Å². The largest absolute Gasteiger partial charge is 0.382 e. The number of hydrogen-bond acceptors (Lipinski definition) is 6. The first kappa shape index (κ1) is 22.7. The average molecular weight is 472 g/mol. The van der Waals surface area contributed by atoms with E-state index in [2.05, 4.69) is 25.2 Å². The molecule has 178 valence electrons. The minimum Gasteiger partial charge on any atom is -0.382 e. The summed E-state index contributed by atoms with van der Waals surface area (Å²) in [6, 6.07) is 17.5. The molecular weight excluding hydrogens is 445 g/mol. The third-order valence-corrected chi connectivity index (χ3v) is 6.05. The van der Waals surface area contributed by atoms with E-state index in [0.717, 1.165) is 16.8 Å². The fourth-order valence-electron chi connectivity index (χ4n) is 4.17. The van der Waals surface area contributed by atoms with Gasteiger partial charge < -0.3 is 16.0 Å². The van der Waals surface area contributed by atoms with E-state index in [1.54, 1.807) is 12.1 Å². The number of nitrogen functional groups attached to an aromatic ring is 1. The molecule has 1 aliphatic heterocycles. The number of piperazine rings is 1. The van der Waals surface area contributed by atoms with Gasteiger partial charge in [-0.05, 0) is 61.0 Å². The predicted molar refractivity (Wildman–Crippen MR) is 134 cm³/mol. The van der Waals surface area contributed by atoms with Crippen molar-refractivity contribution < 1.29 is 9.18 Å². The second-order valence-electron chi connectivity index (χ2n) is 8.66. The predicted octanol–water partition coefficient (Wildman–Crippen LogP) is 4.07. The smallest absolute Gasteiger partial charge is 0.321 e. The molecule has 0 unspecified atom stereocenters. The standard InChI is InChI=1S/C26H26FN7O/c1-17-3-2-4-20(15-17)29-26(35)34-13-11-33(12-14-34)16-23-30-22-10-9-21(31-24(22)25(28)32-23)18-5-7-19(27)8-6-18/h2-10,15H,11-14,16H2,1H3,(H,29,35)(H2,28,30,32). The van der Waals surface area contributed by atoms with Crippen LogP contribution in [0.15, 0.2) is 60.7 Å². The quantitative estimate of drug-likeness (QED) is 0.465. The van der Waals surface area contributed by atoms with Gasteiger partial charge in [0.15, 0.2) is 5.82 Å². The number of halogens is 1. The van der Waals surface area contributed by atoms with Crippen molar-refractivity contribution in [2.75, 3.05) is 37.2 Å². The first-order valence-corrected chi connectivity index (χ1v) is 11.5. The lowest BCUT2D eigenvalue weighted by molar-refractivity contribution is 0.141. The Kier molecular flexibility index (Phi) is 6.24. The van der Waals surface area contributed by atoms with Crippen molar-refractivity contribution in [2.45, 2.75) is 13.5 Å². The second-order valence-corrected chi connectivity index (χ2v) is 8.66. The maximum Gasteiger partial charge on any atom is 0.321 e. The van der Waals surface area contributed by atoms with Gasteiger partial charge in [0.25, 0.3) is 0 Å². The van der Waals surface area contributed by atoms with Crippen molar-refractivity contribution in [3.05, 3.63) is 77.9 Å². The van der Waals surface area contributed by atoms with Crippen molar-refractivity contribution in [1.82, 2.24) is 24.8 Å². The Morgan fingerprint density at radius 2 is 1.77 bits per heavy atom. The fourth-order valence-corrected chi connectivity index (χ4v) is 4.17. The lowest BCUT2D eigenvalue weighted by atomic mass is 10.1. The Morgan fingerprint density at radius 1 is 1.00 bits per heavy atom. The Labute approximate surface area is 202 Å². The fraction of sp³-hybridized carbons (Fsp3) is 0.231. The molecule has 0 bridgehead atoms. The monoisotopic (exact) mass is 471 g/mol. The first-order valence-electron chi connectivity index (χ1n) is 11.5. The van der Waals surface area contributed by atoms with Crippen molar-refractivity contribution >= 4 is 28.6 Å². The van der Waals surface area contributed by atoms with Gasteiger partial charge in [0.1, 0.15) is 17.2 Å². The lowest BCUT2D eigenvalue weighted by Crippen LogP contribution is -2.49. The van der Waals surface area contributed by atoms with E-state index in [0.29, 0.717) is 61.1 Å². The Bertz CT molecular complexity index is 1370. The molecule has 3 heterocycles. The molecule has 9 heteroatoms. The van der Waals surface area contributed by atoms with Gasteiger partial charge in [0.2, 0.25) is 0 Å². The molecule has 0 saturated carbocycles. The van der Waals surface area contributed by atoms with Crippen LogP contribution in [0.25, 0.3) is 22.3 Å². The highest BCUT2D eigenvalue weighted by Gasteiger charge is 2.22. The van der Waals surface area contributed by atoms with Crippen LogP contribution in [0.4, 0.5) is 20.7 Å². The highest BCUT2D eigenvalue weighted by atomic mass is 19.1. The molecule has 0 aliphatic carbocycles. The molecule has 0 atom stereocenters. The number of nitrogens with one attached hydrogen (secondary N) is 1. The van der Waals surface area contributed by atoms with Crippen LogP contribution in [0.1, 0.15) is 11.4 Å². The summed E-state index contributed by atoms with van der Waals surface area (Å²) in [6.07, 6.45) is 0. The summed E-state index contributed by atoms with van der Waals surface area (Å²) in [6.45, 7) is 5.19. The summed E-state index contributed by atoms with van der Waals surface area (Å²) in [4.78, 5) is 30.3. The van der Waals surface area contributed by atoms with Gasteiger partial charge in [0, 0.05) is 37.4 Å². The number of nitrogens with zero attached hydrogens (tertiary/aromatic N) is 5. The number of nitrogens with two attached hydrogens (primary N) is 1. The van der Waals surface area contributed by atoms with E-state index in [1.807, 2.05) is 48.2 Å². The van der Waals surface area contributed by atoms with Crippen LogP contribution in [0.2, 0.25) is 0 Å². The molecule has 2 aromatic carbocycles. The molecular formula is C26H26FN7O. The van der Waals surface area contributed by atoms with Crippen LogP contribution in [0.5, 0.6) is 0 Å². The molecule has 2 aromatic heterocycles. The molecule has 0 radical (unpaired) electrons. The van der Waals surface area contributed by atoms with Gasteiger partial charge in [-0.15, -0.1) is 0 Å². The Morgan fingerprint density at radius 3 is 2.51 bits per heavy atom. The number of amides is 2. The highest BCUT2D eigenvalue weighted by Crippen LogP contribution is 2.23. The topological polar surface area (TPSA) is 100 Å². The molecule has 1 fully saturated rings. The maximum atomic E-state index is 13.2. The van der Waals surface area contributed by atoms with Crippen LogP contribution in [0, 0.1) is 12.7 Å². The first-order chi connectivity index (χ1) is 16.9. The number of urea groups is 1. The number of anilines is 2. The molecule has 4 aromatic rings. The minimum atomic E-state index is -0.297. The molecule has 2 amide bonds. The molecule has 35 heavy (non-hydrogen) atoms. The van der Waals surface area contributed by atoms with Crippen molar-refractivity contribution in [3.8, 4) is 11.3 Å². The second kappa shape index (κ2) is 9.63. The number of hydrogen-bond donors (Lipinski definition) is 2. The van der Waals surface area contributed by atoms with Gasteiger partial charge in [-0.2, -0.15) is 0 Å². The third kappa shape index (κ3) is 5.20. The van der Waals surface area contributed by atoms with Crippen molar-refractivity contribution in [2.24, 2.45) is 0 Å². The van der Waals surface area contributed by atoms with Crippen LogP contribution >= 0.6 is 0 Å². The van der Waals surface area contributed by atoms with Gasteiger partial charge in [-0.1, -0.05) is 12.1 Å². The molecule has 8 nitrogen and oxygen atoms in total. The summed E-state index contributed by atoms with van der Waals surface area (Å²) < 4.78 is 13.2. The van der Waals surface area contributed by atoms with Gasteiger partial charge in [-0.25, -0.2) is 24.1 Å². The number of aryl methyl sites for hydroxylation is 1. The van der Waals surface area contributed by atoms with Crippen molar-refractivity contribution in [1.29, 1.82) is 0 Å². The Balaban J connectivity index is 1.22. The zero-order chi connectivity index (χ0) is 24.4. The SMILES string of the molecule is Cc1cccc(NC(=O)N2CCN(Cc3nc(N)c4nc(-c5ccc(F)cc5)ccc4n3)CC2)c1. The summed E-state index contributed by atoms with van der Waals surface area (Å²) in [5.41, 5.74) is 10.8. The van der Waals surface area contributed by atoms with Crippen LogP contribution < -0.4 is 11.1 Å². The molecule has 0 spiro atoms. The minimum absolute atomic E-state index is 0.0931. The van der Waals surface area contributed by atoms with Crippen molar-refractivity contribution in [3.63, 3.8) is 0 Å². The van der Waals surface area contributed by atoms with Crippen LogP contribution in [-0.2, 0) is 6.54 Å². The van der Waals surface area contributed by atoms with Gasteiger partial charge in [-0.3, -0.25) is 4.90 Å². The highest BCUT2D eigenvalue weighted by molar-refractivity contribution is 5.89. The van der Waals surface area contributed by atoms with E-state index in [4.69, 9.17) is 5.73 Å². The number of pyridine rings is 1. The number of carbonyl (C=O) groups excluding carboxylic acids is 1. The summed E-state index contributed by atoms with van der Waals surface area (Å²) in [5.74, 6) is 0.629. The summed E-state index contributed by atoms with van der Waals surface area (Å²) >= 11 is 0. The summed E-state index contributed by atoms with van der Waals surface area (Å²) in [7, 11) is 0. The van der Waals surface area contributed by atoms with E-state index >= 15 is 0 Å². The van der Waals surface area contributed by atoms with E-state index < -0.39 is 0 Å². The zero-order valence-corrected chi connectivity index (χ0v) is 19.4. The number of fused-ring (bicyclic) bond motifs is 1. The summed E-state index contributed by atoms with van der Waals surface area (Å²) in [5, 5.41) is 2.97. The van der Waals surface area contributed by atoms with Crippen LogP contribution in [-0.4, -0.2) is 57.0 Å². The molecule has 1 aliphatic rings. The van der Waals surface area contributed by atoms with Gasteiger partial charge in [0.05, 0.1) is 17.8 Å². The number of benzene rings is 2. The molecule has 3 N–H and O–H groups in total. The normalized spacial score (nSPS) is 14.3. The zero-order valence-electron chi connectivity index (χ0n) is 19.4. The van der Waals surface area contributed by atoms with E-state index in [1.165, 1.54) is 12.1 Å². The average Bonchev–Trinajstić information content (AvgIpc) is 2.85. The van der Waals surface area contributed by atoms with Crippen LogP contribution in [0.3, 0.4) is 0 Å². The van der Waals surface area contributed by atoms with E-state index in [-0.39, 0.29) is 11.8 Å². The molecule has 5 rings (SSSR count). The number of aromatic nitrogens is 3.